The lowest BCUT2D eigenvalue weighted by atomic mass is 10.00. The Bertz CT molecular complexity index is 862. The molecule has 2 aromatic heterocycles. The maximum atomic E-state index is 6.29. The van der Waals surface area contributed by atoms with Gasteiger partial charge < -0.3 is 10.5 Å². The van der Waals surface area contributed by atoms with Crippen molar-refractivity contribution in [2.24, 2.45) is 0 Å². The molecule has 122 valence electrons. The quantitative estimate of drug-likeness (QED) is 0.635. The molecule has 3 rings (SSSR count). The molecule has 0 saturated heterocycles. The number of pyridine rings is 2. The van der Waals surface area contributed by atoms with Gasteiger partial charge in [-0.1, -0.05) is 35.9 Å². The van der Waals surface area contributed by atoms with Gasteiger partial charge in [-0.2, -0.15) is 0 Å². The van der Waals surface area contributed by atoms with E-state index in [2.05, 4.69) is 40.7 Å². The number of rotatable bonds is 4. The summed E-state index contributed by atoms with van der Waals surface area (Å²) >= 11 is 7.63. The van der Waals surface area contributed by atoms with Crippen molar-refractivity contribution in [3.05, 3.63) is 64.7 Å². The van der Waals surface area contributed by atoms with Crippen molar-refractivity contribution in [2.45, 2.75) is 18.9 Å². The normalized spacial score (nSPS) is 10.6. The van der Waals surface area contributed by atoms with Crippen molar-refractivity contribution in [2.75, 3.05) is 10.5 Å². The smallest absolute Gasteiger partial charge is 0.138 e. The Kier molecular flexibility index (Phi) is 4.92. The summed E-state index contributed by atoms with van der Waals surface area (Å²) in [4.78, 5) is 8.92. The van der Waals surface area contributed by atoms with E-state index < -0.39 is 0 Å². The highest BCUT2D eigenvalue weighted by Crippen LogP contribution is 2.30. The minimum absolute atomic E-state index is 0.483. The van der Waals surface area contributed by atoms with Crippen LogP contribution in [0, 0.1) is 13.8 Å². The topological polar surface area (TPSA) is 63.8 Å². The van der Waals surface area contributed by atoms with Gasteiger partial charge in [-0.3, -0.25) is 0 Å². The third-order valence-corrected chi connectivity index (χ3v) is 4.50. The molecule has 2 heterocycles. The van der Waals surface area contributed by atoms with Gasteiger partial charge in [-0.25, -0.2) is 9.97 Å². The minimum Gasteiger partial charge on any atom is -0.384 e. The fourth-order valence-electron chi connectivity index (χ4n) is 2.49. The van der Waals surface area contributed by atoms with Crippen LogP contribution in [0.3, 0.4) is 0 Å². The highest BCUT2D eigenvalue weighted by atomic mass is 35.5. The number of nitrogens with two attached hydrogens (primary N) is 1. The van der Waals surface area contributed by atoms with Gasteiger partial charge in [-0.15, -0.1) is 0 Å². The number of nitrogens with zero attached hydrogens (tertiary/aromatic N) is 2. The first-order valence-electron chi connectivity index (χ1n) is 7.42. The summed E-state index contributed by atoms with van der Waals surface area (Å²) in [6.45, 7) is 4.15. The van der Waals surface area contributed by atoms with Gasteiger partial charge in [-0.05, 0) is 43.2 Å². The van der Waals surface area contributed by atoms with E-state index in [0.29, 0.717) is 16.7 Å². The maximum Gasteiger partial charge on any atom is 0.138 e. The van der Waals surface area contributed by atoms with Gasteiger partial charge in [0.15, 0.2) is 0 Å². The lowest BCUT2D eigenvalue weighted by molar-refractivity contribution is 1.15. The van der Waals surface area contributed by atoms with E-state index in [1.807, 2.05) is 24.3 Å². The molecular weight excluding hydrogens is 340 g/mol. The van der Waals surface area contributed by atoms with Crippen molar-refractivity contribution in [1.82, 2.24) is 9.97 Å². The predicted molar refractivity (Wildman–Crippen MR) is 102 cm³/mol. The average Bonchev–Trinajstić information content (AvgIpc) is 2.52. The summed E-state index contributed by atoms with van der Waals surface area (Å²) in [6.07, 6.45) is 0. The highest BCUT2D eigenvalue weighted by molar-refractivity contribution is 8.00. The van der Waals surface area contributed by atoms with Crippen LogP contribution in [0.25, 0.3) is 11.3 Å². The van der Waals surface area contributed by atoms with E-state index in [4.69, 9.17) is 17.3 Å². The molecule has 3 N–H and O–H groups in total. The molecule has 0 atom stereocenters. The molecule has 0 saturated carbocycles. The van der Waals surface area contributed by atoms with Crippen molar-refractivity contribution in [1.29, 1.82) is 0 Å². The van der Waals surface area contributed by atoms with Crippen LogP contribution in [0.5, 0.6) is 0 Å². The number of hydrogen-bond acceptors (Lipinski definition) is 5. The number of aryl methyl sites for hydroxylation is 2. The van der Waals surface area contributed by atoms with E-state index in [1.165, 1.54) is 23.1 Å². The van der Waals surface area contributed by atoms with Crippen LogP contribution in [0.15, 0.2) is 53.6 Å². The Morgan fingerprint density at radius 1 is 1.00 bits per heavy atom. The SMILES string of the molecule is Cc1cccc(C)c1-c1cc(Cl)cc(NSc2cccc(N)n2)n1. The molecule has 0 unspecified atom stereocenters. The van der Waals surface area contributed by atoms with E-state index in [-0.39, 0.29) is 0 Å². The second kappa shape index (κ2) is 7.11. The van der Waals surface area contributed by atoms with E-state index in [9.17, 15) is 0 Å². The third-order valence-electron chi connectivity index (χ3n) is 3.53. The van der Waals surface area contributed by atoms with E-state index in [0.717, 1.165) is 16.3 Å². The molecule has 4 nitrogen and oxygen atoms in total. The Labute approximate surface area is 150 Å². The minimum atomic E-state index is 0.483. The summed E-state index contributed by atoms with van der Waals surface area (Å²) < 4.78 is 3.18. The molecule has 3 aromatic rings. The third kappa shape index (κ3) is 3.80. The first-order chi connectivity index (χ1) is 11.5. The summed E-state index contributed by atoms with van der Waals surface area (Å²) in [6, 6.07) is 15.3. The lowest BCUT2D eigenvalue weighted by Gasteiger charge is -2.12. The summed E-state index contributed by atoms with van der Waals surface area (Å²) in [5.74, 6) is 1.16. The van der Waals surface area contributed by atoms with Gasteiger partial charge in [0.05, 0.1) is 5.69 Å². The van der Waals surface area contributed by atoms with Gasteiger partial charge in [0.1, 0.15) is 16.7 Å². The number of nitrogen functional groups attached to an aromatic ring is 1. The Balaban J connectivity index is 1.89. The van der Waals surface area contributed by atoms with Gasteiger partial charge >= 0.3 is 0 Å². The Hall–Kier alpha value is -2.24. The fraction of sp³-hybridized carbons (Fsp3) is 0.111. The fourth-order valence-corrected chi connectivity index (χ4v) is 3.31. The van der Waals surface area contributed by atoms with Crippen LogP contribution >= 0.6 is 23.5 Å². The second-order valence-corrected chi connectivity index (χ2v) is 6.69. The zero-order valence-electron chi connectivity index (χ0n) is 13.4. The number of nitrogens with one attached hydrogen (secondary N) is 1. The molecule has 0 bridgehead atoms. The zero-order chi connectivity index (χ0) is 17.1. The molecule has 0 amide bonds. The Morgan fingerprint density at radius 2 is 1.71 bits per heavy atom. The lowest BCUT2D eigenvalue weighted by Crippen LogP contribution is -1.97. The van der Waals surface area contributed by atoms with Crippen molar-refractivity contribution in [3.8, 4) is 11.3 Å². The van der Waals surface area contributed by atoms with Crippen molar-refractivity contribution in [3.63, 3.8) is 0 Å². The monoisotopic (exact) mass is 356 g/mol. The molecule has 6 heteroatoms. The molecule has 0 aliphatic carbocycles. The second-order valence-electron chi connectivity index (χ2n) is 5.43. The van der Waals surface area contributed by atoms with Crippen LogP contribution in [0.1, 0.15) is 11.1 Å². The molecule has 0 radical (unpaired) electrons. The van der Waals surface area contributed by atoms with Crippen LogP contribution in [-0.4, -0.2) is 9.97 Å². The first-order valence-corrected chi connectivity index (χ1v) is 8.62. The van der Waals surface area contributed by atoms with E-state index >= 15 is 0 Å². The molecular formula is C18H17ClN4S. The standard InChI is InChI=1S/C18H17ClN4S/c1-11-5-3-6-12(2)18(11)14-9-13(19)10-16(21-14)23-24-17-8-4-7-15(20)22-17/h3-10H,1-2H3,(H2,20,22)(H,21,23). The average molecular weight is 357 g/mol. The number of benzene rings is 1. The molecule has 0 spiro atoms. The van der Waals surface area contributed by atoms with Gasteiger partial charge in [0.2, 0.25) is 0 Å². The molecule has 0 fully saturated rings. The number of hydrogen-bond donors (Lipinski definition) is 2. The van der Waals surface area contributed by atoms with Crippen LogP contribution in [-0.2, 0) is 0 Å². The summed E-state index contributed by atoms with van der Waals surface area (Å²) in [7, 11) is 0. The van der Waals surface area contributed by atoms with E-state index in [1.54, 1.807) is 12.1 Å². The van der Waals surface area contributed by atoms with Crippen molar-refractivity contribution < 1.29 is 0 Å². The first kappa shape index (κ1) is 16.6. The summed E-state index contributed by atoms with van der Waals surface area (Å²) in [5.41, 5.74) is 9.99. The molecule has 0 aliphatic heterocycles. The largest absolute Gasteiger partial charge is 0.384 e. The molecule has 24 heavy (non-hydrogen) atoms. The zero-order valence-corrected chi connectivity index (χ0v) is 14.9. The van der Waals surface area contributed by atoms with Gasteiger partial charge in [0.25, 0.3) is 0 Å². The number of anilines is 2. The Morgan fingerprint density at radius 3 is 2.42 bits per heavy atom. The van der Waals surface area contributed by atoms with Gasteiger partial charge in [0, 0.05) is 28.6 Å². The number of aromatic nitrogens is 2. The van der Waals surface area contributed by atoms with Crippen molar-refractivity contribution >= 4 is 35.2 Å². The van der Waals surface area contributed by atoms with Crippen LogP contribution < -0.4 is 10.5 Å². The maximum absolute atomic E-state index is 6.29. The molecule has 1 aromatic carbocycles. The predicted octanol–water partition coefficient (Wildman–Crippen LogP) is 5.12. The molecule has 0 aliphatic rings. The number of halogens is 1. The van der Waals surface area contributed by atoms with Crippen LogP contribution in [0.4, 0.5) is 11.6 Å². The highest BCUT2D eigenvalue weighted by Gasteiger charge is 2.10. The van der Waals surface area contributed by atoms with Crippen LogP contribution in [0.2, 0.25) is 5.02 Å². The summed E-state index contributed by atoms with van der Waals surface area (Å²) in [5, 5.41) is 1.40.